The molecule has 0 aliphatic rings. The van der Waals surface area contributed by atoms with Crippen LogP contribution in [-0.2, 0) is 0 Å². The first kappa shape index (κ1) is 10.3. The molecule has 0 amide bonds. The molecule has 0 saturated carbocycles. The minimum atomic E-state index is 0. The van der Waals surface area contributed by atoms with Gasteiger partial charge in [-0.3, -0.25) is 0 Å². The van der Waals surface area contributed by atoms with Crippen LogP contribution in [0.5, 0.6) is 0 Å². The third-order valence-corrected chi connectivity index (χ3v) is 2.59. The van der Waals surface area contributed by atoms with Gasteiger partial charge in [-0.15, -0.1) is 0 Å². The summed E-state index contributed by atoms with van der Waals surface area (Å²) in [6.45, 7) is 0. The van der Waals surface area contributed by atoms with E-state index in [4.69, 9.17) is 0 Å². The van der Waals surface area contributed by atoms with Crippen LogP contribution in [-0.4, -0.2) is 18.9 Å². The minimum Gasteiger partial charge on any atom is -0.0616 e. The Hall–Kier alpha value is -1.22. The number of fused-ring (bicyclic) bond motifs is 3. The average Bonchev–Trinajstić information content (AvgIpc) is 2.29. The largest absolute Gasteiger partial charge is 0.0616 e. The molecule has 0 aliphatic carbocycles. The van der Waals surface area contributed by atoms with Crippen molar-refractivity contribution < 1.29 is 0 Å². The fourth-order valence-electron chi connectivity index (χ4n) is 1.89. The molecule has 3 aromatic carbocycles. The smallest absolute Gasteiger partial charge is 0.0105 e. The van der Waals surface area contributed by atoms with Gasteiger partial charge < -0.3 is 0 Å². The molecule has 0 fully saturated rings. The van der Waals surface area contributed by atoms with Gasteiger partial charge in [0.25, 0.3) is 0 Å². The first-order valence-electron chi connectivity index (χ1n) is 4.73. The predicted octanol–water partition coefficient (Wildman–Crippen LogP) is 3.14. The minimum absolute atomic E-state index is 0. The van der Waals surface area contributed by atoms with E-state index in [1.54, 1.807) is 0 Å². The van der Waals surface area contributed by atoms with Gasteiger partial charge in [-0.25, -0.2) is 0 Å². The molecule has 3 rings (SSSR count). The SMILES string of the molecule is [LiH].[c]1ccc2c(c1)ccc1ccccc12. The molecule has 15 heavy (non-hydrogen) atoms. The Kier molecular flexibility index (Phi) is 2.82. The maximum absolute atomic E-state index is 3.10. The van der Waals surface area contributed by atoms with Crippen molar-refractivity contribution in [2.45, 2.75) is 0 Å². The van der Waals surface area contributed by atoms with Gasteiger partial charge in [0, 0.05) is 0 Å². The van der Waals surface area contributed by atoms with E-state index >= 15 is 0 Å². The maximum Gasteiger partial charge on any atom is -0.0105 e. The monoisotopic (exact) mass is 185 g/mol. The second kappa shape index (κ2) is 4.11. The molecule has 0 saturated heterocycles. The van der Waals surface area contributed by atoms with Crippen LogP contribution in [0.3, 0.4) is 0 Å². The molecule has 0 unspecified atom stereocenters. The Morgan fingerprint density at radius 2 is 1.47 bits per heavy atom. The first-order valence-corrected chi connectivity index (χ1v) is 4.73. The molecular formula is C14H10Li. The fraction of sp³-hybridized carbons (Fsp3) is 0. The van der Waals surface area contributed by atoms with Crippen LogP contribution < -0.4 is 0 Å². The van der Waals surface area contributed by atoms with Crippen molar-refractivity contribution in [3.63, 3.8) is 0 Å². The Balaban J connectivity index is 0.000000853. The summed E-state index contributed by atoms with van der Waals surface area (Å²) in [7, 11) is 0. The summed E-state index contributed by atoms with van der Waals surface area (Å²) >= 11 is 0. The van der Waals surface area contributed by atoms with Crippen LogP contribution in [0.2, 0.25) is 0 Å². The molecule has 0 spiro atoms. The Labute approximate surface area is 101 Å². The molecule has 0 aliphatic heterocycles. The third kappa shape index (κ3) is 1.67. The molecule has 0 N–H and O–H groups in total. The van der Waals surface area contributed by atoms with E-state index in [0.29, 0.717) is 0 Å². The van der Waals surface area contributed by atoms with Gasteiger partial charge in [0.2, 0.25) is 0 Å². The summed E-state index contributed by atoms with van der Waals surface area (Å²) in [5, 5.41) is 5.18. The van der Waals surface area contributed by atoms with Crippen LogP contribution in [0.4, 0.5) is 0 Å². The Bertz CT molecular complexity index is 544. The number of hydrogen-bond donors (Lipinski definition) is 0. The summed E-state index contributed by atoms with van der Waals surface area (Å²) in [5.74, 6) is 0. The molecule has 67 valence electrons. The van der Waals surface area contributed by atoms with Crippen LogP contribution in [0.25, 0.3) is 21.5 Å². The number of rotatable bonds is 0. The van der Waals surface area contributed by atoms with Crippen LogP contribution in [0.1, 0.15) is 0 Å². The van der Waals surface area contributed by atoms with Gasteiger partial charge in [-0.1, -0.05) is 48.5 Å². The van der Waals surface area contributed by atoms with Gasteiger partial charge >= 0.3 is 18.9 Å². The van der Waals surface area contributed by atoms with Crippen molar-refractivity contribution in [3.8, 4) is 0 Å². The molecule has 1 heteroatoms. The summed E-state index contributed by atoms with van der Waals surface area (Å²) in [6.07, 6.45) is 0. The van der Waals surface area contributed by atoms with E-state index in [0.717, 1.165) is 0 Å². The number of benzene rings is 3. The summed E-state index contributed by atoms with van der Waals surface area (Å²) in [6, 6.07) is 22.0. The van der Waals surface area contributed by atoms with Gasteiger partial charge in [0.05, 0.1) is 0 Å². The summed E-state index contributed by atoms with van der Waals surface area (Å²) < 4.78 is 0. The third-order valence-electron chi connectivity index (χ3n) is 2.59. The Morgan fingerprint density at radius 3 is 2.40 bits per heavy atom. The molecule has 3 aromatic rings. The van der Waals surface area contributed by atoms with Crippen molar-refractivity contribution in [2.75, 3.05) is 0 Å². The van der Waals surface area contributed by atoms with Gasteiger partial charge in [-0.05, 0) is 33.7 Å². The summed E-state index contributed by atoms with van der Waals surface area (Å²) in [5.41, 5.74) is 0. The van der Waals surface area contributed by atoms with E-state index in [-0.39, 0.29) is 18.9 Å². The quantitative estimate of drug-likeness (QED) is 0.373. The van der Waals surface area contributed by atoms with E-state index in [9.17, 15) is 0 Å². The zero-order valence-electron chi connectivity index (χ0n) is 7.70. The predicted molar refractivity (Wildman–Crippen MR) is 67.4 cm³/mol. The Morgan fingerprint density at radius 1 is 0.733 bits per heavy atom. The van der Waals surface area contributed by atoms with E-state index < -0.39 is 0 Å². The van der Waals surface area contributed by atoms with Crippen LogP contribution >= 0.6 is 0 Å². The van der Waals surface area contributed by atoms with Crippen molar-refractivity contribution in [2.24, 2.45) is 0 Å². The standard InChI is InChI=1S/C14H9.Li.H/c1-3-7-13-11(5-1)9-10-12-6-2-4-8-14(12)13;;/h1,3-10H;;. The topological polar surface area (TPSA) is 0 Å². The molecule has 0 atom stereocenters. The van der Waals surface area contributed by atoms with E-state index in [1.807, 2.05) is 12.1 Å². The molecule has 0 heterocycles. The molecule has 0 bridgehead atoms. The van der Waals surface area contributed by atoms with E-state index in [1.165, 1.54) is 21.5 Å². The van der Waals surface area contributed by atoms with Crippen molar-refractivity contribution in [1.82, 2.24) is 0 Å². The second-order valence-electron chi connectivity index (χ2n) is 3.43. The number of hydrogen-bond acceptors (Lipinski definition) is 0. The summed E-state index contributed by atoms with van der Waals surface area (Å²) in [4.78, 5) is 0. The van der Waals surface area contributed by atoms with Crippen LogP contribution in [0.15, 0.2) is 54.6 Å². The normalized spacial score (nSPS) is 10.1. The molecular weight excluding hydrogens is 175 g/mol. The van der Waals surface area contributed by atoms with E-state index in [2.05, 4.69) is 48.5 Å². The first-order chi connectivity index (χ1) is 6.95. The molecule has 0 aromatic heterocycles. The average molecular weight is 185 g/mol. The van der Waals surface area contributed by atoms with Gasteiger partial charge in [0.15, 0.2) is 0 Å². The second-order valence-corrected chi connectivity index (χ2v) is 3.43. The van der Waals surface area contributed by atoms with Crippen LogP contribution in [0, 0.1) is 6.07 Å². The zero-order valence-corrected chi connectivity index (χ0v) is 7.70. The van der Waals surface area contributed by atoms with Gasteiger partial charge in [0.1, 0.15) is 0 Å². The molecule has 1 radical (unpaired) electrons. The maximum atomic E-state index is 3.10. The fourth-order valence-corrected chi connectivity index (χ4v) is 1.89. The zero-order chi connectivity index (χ0) is 9.38. The molecule has 0 nitrogen and oxygen atoms in total. The van der Waals surface area contributed by atoms with Crippen molar-refractivity contribution in [1.29, 1.82) is 0 Å². The van der Waals surface area contributed by atoms with Crippen molar-refractivity contribution >= 4 is 40.4 Å². The van der Waals surface area contributed by atoms with Gasteiger partial charge in [-0.2, -0.15) is 0 Å². The van der Waals surface area contributed by atoms with Crippen molar-refractivity contribution in [3.05, 3.63) is 60.7 Å².